The van der Waals surface area contributed by atoms with Gasteiger partial charge in [-0.3, -0.25) is 0 Å². The first kappa shape index (κ1) is 23.0. The van der Waals surface area contributed by atoms with E-state index in [1.165, 1.54) is 33.2 Å². The van der Waals surface area contributed by atoms with E-state index in [4.69, 9.17) is 1.37 Å². The number of hydrogen-bond acceptors (Lipinski definition) is 0. The predicted molar refractivity (Wildman–Crippen MR) is 125 cm³/mol. The van der Waals surface area contributed by atoms with E-state index in [9.17, 15) is 0 Å². The lowest BCUT2D eigenvalue weighted by molar-refractivity contribution is 1.04. The van der Waals surface area contributed by atoms with Gasteiger partial charge in [0.05, 0.1) is 10.9 Å². The lowest BCUT2D eigenvalue weighted by Crippen LogP contribution is -2.15. The Kier molecular flexibility index (Phi) is 12.1. The Balaban J connectivity index is 0.000000818. The van der Waals surface area contributed by atoms with Crippen LogP contribution in [0.25, 0.3) is 0 Å². The SMILES string of the molecule is CC.CC.CC.[2H]C.c1ccc([S+]2c3ccccc3Cc3ccccc32)cc1. The second-order valence-electron chi connectivity index (χ2n) is 5.01. The summed E-state index contributed by atoms with van der Waals surface area (Å²) in [6, 6.07) is 28.6. The van der Waals surface area contributed by atoms with Gasteiger partial charge < -0.3 is 0 Å². The molecule has 146 valence electrons. The van der Waals surface area contributed by atoms with Gasteiger partial charge in [-0.05, 0) is 24.3 Å². The molecule has 1 aliphatic rings. The maximum Gasteiger partial charge on any atom is 0.170 e. The molecule has 1 heteroatoms. The largest absolute Gasteiger partial charge is 0.170 e. The van der Waals surface area contributed by atoms with Crippen molar-refractivity contribution in [3.63, 3.8) is 0 Å². The van der Waals surface area contributed by atoms with Gasteiger partial charge in [-0.1, -0.05) is 104 Å². The zero-order valence-electron chi connectivity index (χ0n) is 19.1. The van der Waals surface area contributed by atoms with Gasteiger partial charge in [0, 0.05) is 18.9 Å². The van der Waals surface area contributed by atoms with Crippen molar-refractivity contribution < 1.29 is 1.37 Å². The average molecular weight is 383 g/mol. The van der Waals surface area contributed by atoms with Crippen LogP contribution in [-0.2, 0) is 17.3 Å². The topological polar surface area (TPSA) is 0 Å². The molecule has 0 bridgehead atoms. The molecule has 0 saturated carbocycles. The standard InChI is InChI=1S/C19H15S.3C2H6.CH4/c1-2-10-17(11-3-1)20-18-12-6-4-8-15(18)14-16-9-5-7-13-19(16)20;3*1-2;/h1-13H,14H2;3*1-2H3;1H4/q+1;;;;/i;;;;1D. The quantitative estimate of drug-likeness (QED) is 0.290. The molecule has 0 saturated heterocycles. The fraction of sp³-hybridized carbons (Fsp3) is 0.308. The number of fused-ring (bicyclic) bond motifs is 2. The molecule has 0 fully saturated rings. The monoisotopic (exact) mass is 382 g/mol. The molecule has 27 heavy (non-hydrogen) atoms. The molecule has 4 rings (SSSR count). The van der Waals surface area contributed by atoms with Crippen molar-refractivity contribution in [2.75, 3.05) is 0 Å². The first-order valence-corrected chi connectivity index (χ1v) is 11.1. The Labute approximate surface area is 172 Å². The maximum atomic E-state index is 5.75. The summed E-state index contributed by atoms with van der Waals surface area (Å²) in [5.41, 5.74) is 2.94. The minimum atomic E-state index is 0.0421. The Morgan fingerprint density at radius 1 is 0.593 bits per heavy atom. The molecular weight excluding hydrogens is 344 g/mol. The van der Waals surface area contributed by atoms with Crippen molar-refractivity contribution in [1.29, 1.82) is 0 Å². The fourth-order valence-corrected chi connectivity index (χ4v) is 5.24. The molecule has 0 amide bonds. The van der Waals surface area contributed by atoms with Crippen LogP contribution in [0.15, 0.2) is 93.5 Å². The van der Waals surface area contributed by atoms with E-state index in [2.05, 4.69) is 78.9 Å². The highest BCUT2D eigenvalue weighted by molar-refractivity contribution is 7.97. The van der Waals surface area contributed by atoms with Crippen molar-refractivity contribution in [2.45, 2.75) is 70.1 Å². The van der Waals surface area contributed by atoms with Crippen molar-refractivity contribution in [3.8, 4) is 0 Å². The van der Waals surface area contributed by atoms with Crippen LogP contribution in [-0.4, -0.2) is 0 Å². The molecule has 0 spiro atoms. The number of benzene rings is 3. The summed E-state index contributed by atoms with van der Waals surface area (Å²) < 4.78 is 5.75. The van der Waals surface area contributed by atoms with Crippen molar-refractivity contribution in [3.05, 3.63) is 90.0 Å². The third-order valence-corrected chi connectivity index (χ3v) is 6.16. The molecule has 0 radical (unpaired) electrons. The van der Waals surface area contributed by atoms with Gasteiger partial charge in [-0.15, -0.1) is 0 Å². The maximum absolute atomic E-state index is 5.75. The van der Waals surface area contributed by atoms with Gasteiger partial charge in [0.15, 0.2) is 14.7 Å². The zero-order chi connectivity index (χ0) is 21.4. The van der Waals surface area contributed by atoms with E-state index in [-0.39, 0.29) is 10.9 Å². The highest BCUT2D eigenvalue weighted by atomic mass is 32.2. The lowest BCUT2D eigenvalue weighted by Gasteiger charge is -2.19. The van der Waals surface area contributed by atoms with Crippen molar-refractivity contribution in [2.24, 2.45) is 0 Å². The molecule has 0 aromatic heterocycles. The second-order valence-corrected chi connectivity index (χ2v) is 6.97. The van der Waals surface area contributed by atoms with Crippen LogP contribution in [0.1, 0.15) is 61.4 Å². The number of rotatable bonds is 1. The van der Waals surface area contributed by atoms with Gasteiger partial charge in [-0.25, -0.2) is 0 Å². The van der Waals surface area contributed by atoms with Crippen LogP contribution in [0.2, 0.25) is 0 Å². The van der Waals surface area contributed by atoms with Crippen LogP contribution >= 0.6 is 0 Å². The van der Waals surface area contributed by atoms with Crippen LogP contribution in [0.5, 0.6) is 0 Å². The molecule has 0 atom stereocenters. The van der Waals surface area contributed by atoms with Crippen molar-refractivity contribution in [1.82, 2.24) is 0 Å². The molecule has 0 unspecified atom stereocenters. The zero-order valence-corrected chi connectivity index (χ0v) is 18.9. The van der Waals surface area contributed by atoms with E-state index in [1.54, 1.807) is 0 Å². The Morgan fingerprint density at radius 3 is 1.41 bits per heavy atom. The minimum absolute atomic E-state index is 0.0421. The van der Waals surface area contributed by atoms with Crippen molar-refractivity contribution >= 4 is 10.9 Å². The highest BCUT2D eigenvalue weighted by Crippen LogP contribution is 2.39. The first-order valence-electron chi connectivity index (χ1n) is 10.9. The van der Waals surface area contributed by atoms with Gasteiger partial charge in [0.25, 0.3) is 0 Å². The summed E-state index contributed by atoms with van der Waals surface area (Å²) in [6.45, 7) is 12.0. The van der Waals surface area contributed by atoms with E-state index < -0.39 is 0 Å². The normalized spacial score (nSPS) is 11.0. The summed E-state index contributed by atoms with van der Waals surface area (Å²) >= 11 is 0. The van der Waals surface area contributed by atoms with Crippen LogP contribution in [0.4, 0.5) is 0 Å². The highest BCUT2D eigenvalue weighted by Gasteiger charge is 2.36. The summed E-state index contributed by atoms with van der Waals surface area (Å²) in [7, 11) is 1.29. The minimum Gasteiger partial charge on any atom is -0.0776 e. The second kappa shape index (κ2) is 14.1. The molecular formula is C26H37S+. The summed E-state index contributed by atoms with van der Waals surface area (Å²) in [6.07, 6.45) is 1.06. The van der Waals surface area contributed by atoms with E-state index >= 15 is 0 Å². The molecule has 3 aromatic carbocycles. The summed E-state index contributed by atoms with van der Waals surface area (Å²) in [5.74, 6) is 0. The van der Waals surface area contributed by atoms with Crippen LogP contribution in [0.3, 0.4) is 0 Å². The molecule has 1 aliphatic heterocycles. The van der Waals surface area contributed by atoms with Crippen LogP contribution < -0.4 is 0 Å². The van der Waals surface area contributed by atoms with Gasteiger partial charge in [-0.2, -0.15) is 0 Å². The fourth-order valence-electron chi connectivity index (χ4n) is 2.83. The Bertz CT molecular complexity index is 708. The van der Waals surface area contributed by atoms with Gasteiger partial charge >= 0.3 is 0 Å². The lowest BCUT2D eigenvalue weighted by atomic mass is 10.0. The van der Waals surface area contributed by atoms with E-state index in [0.717, 1.165) is 6.42 Å². The van der Waals surface area contributed by atoms with Crippen LogP contribution in [0, 0.1) is 0 Å². The smallest absolute Gasteiger partial charge is 0.0776 e. The van der Waals surface area contributed by atoms with E-state index in [1.807, 2.05) is 41.5 Å². The molecule has 0 aliphatic carbocycles. The Hall–Kier alpha value is -1.99. The predicted octanol–water partition coefficient (Wildman–Crippen LogP) is 8.40. The average Bonchev–Trinajstić information content (AvgIpc) is 2.83. The third kappa shape index (κ3) is 6.01. The summed E-state index contributed by atoms with van der Waals surface area (Å²) in [5, 5.41) is 0. The number of hydrogen-bond donors (Lipinski definition) is 0. The van der Waals surface area contributed by atoms with E-state index in [0.29, 0.717) is 0 Å². The third-order valence-electron chi connectivity index (χ3n) is 3.74. The Morgan fingerprint density at radius 2 is 0.963 bits per heavy atom. The van der Waals surface area contributed by atoms with Gasteiger partial charge in [0.1, 0.15) is 0 Å². The molecule has 1 heterocycles. The first-order chi connectivity index (χ1) is 13.9. The molecule has 3 aromatic rings. The molecule has 0 nitrogen and oxygen atoms in total. The van der Waals surface area contributed by atoms with Gasteiger partial charge in [0.2, 0.25) is 0 Å². The summed E-state index contributed by atoms with van der Waals surface area (Å²) in [4.78, 5) is 4.38. The molecule has 0 N–H and O–H groups in total.